The highest BCUT2D eigenvalue weighted by Crippen LogP contribution is 2.32. The summed E-state index contributed by atoms with van der Waals surface area (Å²) in [6.45, 7) is 0. The molecule has 0 bridgehead atoms. The van der Waals surface area contributed by atoms with Crippen LogP contribution in [-0.4, -0.2) is 29.7 Å². The van der Waals surface area contributed by atoms with Crippen LogP contribution in [0.15, 0.2) is 6.07 Å². The molecule has 0 spiro atoms. The third kappa shape index (κ3) is 2.87. The highest BCUT2D eigenvalue weighted by atomic mass is 35.5. The molecular formula is C12H13Cl2NO2S. The molecule has 98 valence electrons. The number of halogens is 2. The number of hydrogen-bond donors (Lipinski definition) is 0. The van der Waals surface area contributed by atoms with Crippen LogP contribution < -0.4 is 0 Å². The average Bonchev–Trinajstić information content (AvgIpc) is 2.67. The summed E-state index contributed by atoms with van der Waals surface area (Å²) in [5.41, 5.74) is 0.450. The molecular weight excluding hydrogens is 293 g/mol. The first kappa shape index (κ1) is 13.8. The Morgan fingerprint density at radius 1 is 1.39 bits per heavy atom. The molecule has 0 saturated heterocycles. The summed E-state index contributed by atoms with van der Waals surface area (Å²) in [6, 6.07) is 1.71. The fourth-order valence-corrected chi connectivity index (χ4v) is 3.60. The molecule has 0 atom stereocenters. The van der Waals surface area contributed by atoms with Crippen LogP contribution >= 0.6 is 34.5 Å². The van der Waals surface area contributed by atoms with E-state index < -0.39 is 0 Å². The second kappa shape index (κ2) is 5.59. The molecule has 1 saturated carbocycles. The maximum atomic E-state index is 12.3. The number of carbonyl (C=O) groups excluding carboxylic acids is 2. The zero-order valence-corrected chi connectivity index (χ0v) is 12.2. The highest BCUT2D eigenvalue weighted by Gasteiger charge is 2.27. The molecule has 0 unspecified atom stereocenters. The maximum absolute atomic E-state index is 12.3. The van der Waals surface area contributed by atoms with E-state index in [9.17, 15) is 9.59 Å². The average molecular weight is 306 g/mol. The van der Waals surface area contributed by atoms with Gasteiger partial charge in [-0.05, 0) is 18.9 Å². The first-order valence-corrected chi connectivity index (χ1v) is 7.30. The Balaban J connectivity index is 2.09. The van der Waals surface area contributed by atoms with Crippen molar-refractivity contribution in [1.29, 1.82) is 0 Å². The first-order chi connectivity index (χ1) is 8.49. The van der Waals surface area contributed by atoms with Gasteiger partial charge in [0.05, 0.1) is 9.90 Å². The summed E-state index contributed by atoms with van der Waals surface area (Å²) in [5.74, 6) is 0.159. The predicted octanol–water partition coefficient (Wildman–Crippen LogP) is 3.64. The quantitative estimate of drug-likeness (QED) is 0.836. The SMILES string of the molecule is CN(C(=O)c1cc(Cl)sc1Cl)C1CCC(=O)CC1. The second-order valence-corrected chi connectivity index (χ2v) is 6.71. The van der Waals surface area contributed by atoms with E-state index in [1.165, 1.54) is 11.3 Å². The Morgan fingerprint density at radius 3 is 2.50 bits per heavy atom. The number of nitrogens with zero attached hydrogens (tertiary/aromatic N) is 1. The van der Waals surface area contributed by atoms with Crippen molar-refractivity contribution >= 4 is 46.2 Å². The number of ketones is 1. The van der Waals surface area contributed by atoms with Gasteiger partial charge in [-0.15, -0.1) is 11.3 Å². The summed E-state index contributed by atoms with van der Waals surface area (Å²) in [6.07, 6.45) is 2.58. The maximum Gasteiger partial charge on any atom is 0.256 e. The van der Waals surface area contributed by atoms with Crippen molar-refractivity contribution < 1.29 is 9.59 Å². The number of rotatable bonds is 2. The molecule has 18 heavy (non-hydrogen) atoms. The van der Waals surface area contributed by atoms with E-state index in [0.29, 0.717) is 27.1 Å². The first-order valence-electron chi connectivity index (χ1n) is 5.72. The predicted molar refractivity (Wildman–Crippen MR) is 73.7 cm³/mol. The van der Waals surface area contributed by atoms with Gasteiger partial charge >= 0.3 is 0 Å². The standard InChI is InChI=1S/C12H13Cl2NO2S/c1-15(7-2-4-8(16)5-3-7)12(17)9-6-10(13)18-11(9)14/h6-7H,2-5H2,1H3. The zero-order chi connectivity index (χ0) is 13.3. The van der Waals surface area contributed by atoms with Crippen LogP contribution in [0.25, 0.3) is 0 Å². The highest BCUT2D eigenvalue weighted by molar-refractivity contribution is 7.20. The molecule has 0 N–H and O–H groups in total. The lowest BCUT2D eigenvalue weighted by atomic mass is 9.93. The molecule has 0 radical (unpaired) electrons. The van der Waals surface area contributed by atoms with Crippen LogP contribution in [0.4, 0.5) is 0 Å². The van der Waals surface area contributed by atoms with Gasteiger partial charge in [0.15, 0.2) is 0 Å². The fourth-order valence-electron chi connectivity index (χ4n) is 2.15. The molecule has 3 nitrogen and oxygen atoms in total. The smallest absolute Gasteiger partial charge is 0.256 e. The van der Waals surface area contributed by atoms with Crippen LogP contribution in [0, 0.1) is 0 Å². The van der Waals surface area contributed by atoms with Gasteiger partial charge in [0, 0.05) is 25.9 Å². The topological polar surface area (TPSA) is 37.4 Å². The van der Waals surface area contributed by atoms with Gasteiger partial charge in [0.1, 0.15) is 10.1 Å². The summed E-state index contributed by atoms with van der Waals surface area (Å²) in [7, 11) is 1.75. The lowest BCUT2D eigenvalue weighted by Gasteiger charge is -2.30. The molecule has 1 fully saturated rings. The van der Waals surface area contributed by atoms with Crippen LogP contribution in [-0.2, 0) is 4.79 Å². The number of hydrogen-bond acceptors (Lipinski definition) is 3. The largest absolute Gasteiger partial charge is 0.339 e. The van der Waals surface area contributed by atoms with E-state index in [0.717, 1.165) is 12.8 Å². The summed E-state index contributed by atoms with van der Waals surface area (Å²) < 4.78 is 0.930. The molecule has 1 aliphatic carbocycles. The molecule has 0 aromatic carbocycles. The number of carbonyl (C=O) groups is 2. The van der Waals surface area contributed by atoms with Crippen molar-refractivity contribution in [3.63, 3.8) is 0 Å². The minimum Gasteiger partial charge on any atom is -0.339 e. The van der Waals surface area contributed by atoms with Crippen LogP contribution in [0.3, 0.4) is 0 Å². The number of amides is 1. The molecule has 0 aliphatic heterocycles. The molecule has 1 heterocycles. The lowest BCUT2D eigenvalue weighted by Crippen LogP contribution is -2.39. The third-order valence-corrected chi connectivity index (χ3v) is 4.76. The van der Waals surface area contributed by atoms with Gasteiger partial charge in [0.2, 0.25) is 0 Å². The van der Waals surface area contributed by atoms with E-state index in [1.807, 2.05) is 0 Å². The van der Waals surface area contributed by atoms with Crippen LogP contribution in [0.5, 0.6) is 0 Å². The Kier molecular flexibility index (Phi) is 4.30. The molecule has 1 aromatic heterocycles. The minimum absolute atomic E-state index is 0.116. The van der Waals surface area contributed by atoms with Crippen LogP contribution in [0.1, 0.15) is 36.0 Å². The van der Waals surface area contributed by atoms with Gasteiger partial charge in [-0.2, -0.15) is 0 Å². The molecule has 1 aromatic rings. The summed E-state index contributed by atoms with van der Waals surface area (Å²) in [5, 5.41) is 0. The number of thiophene rings is 1. The van der Waals surface area contributed by atoms with E-state index in [2.05, 4.69) is 0 Å². The molecule has 6 heteroatoms. The molecule has 1 amide bonds. The lowest BCUT2D eigenvalue weighted by molar-refractivity contribution is -0.121. The Morgan fingerprint density at radius 2 is 2.00 bits per heavy atom. The van der Waals surface area contributed by atoms with Gasteiger partial charge in [-0.3, -0.25) is 9.59 Å². The second-order valence-electron chi connectivity index (χ2n) is 4.42. The Bertz CT molecular complexity index is 476. The monoisotopic (exact) mass is 305 g/mol. The third-order valence-electron chi connectivity index (χ3n) is 3.27. The van der Waals surface area contributed by atoms with Crippen molar-refractivity contribution in [3.8, 4) is 0 Å². The Hall–Kier alpha value is -0.580. The summed E-state index contributed by atoms with van der Waals surface area (Å²) >= 11 is 13.0. The summed E-state index contributed by atoms with van der Waals surface area (Å²) in [4.78, 5) is 25.1. The Labute approximate surface area is 120 Å². The normalized spacial score (nSPS) is 16.9. The van der Waals surface area contributed by atoms with E-state index in [1.54, 1.807) is 18.0 Å². The van der Waals surface area contributed by atoms with Crippen molar-refractivity contribution in [2.75, 3.05) is 7.05 Å². The van der Waals surface area contributed by atoms with Crippen molar-refractivity contribution in [2.45, 2.75) is 31.7 Å². The van der Waals surface area contributed by atoms with E-state index in [-0.39, 0.29) is 17.7 Å². The molecule has 2 rings (SSSR count). The van der Waals surface area contributed by atoms with Gasteiger partial charge in [0.25, 0.3) is 5.91 Å². The van der Waals surface area contributed by atoms with Gasteiger partial charge in [-0.1, -0.05) is 23.2 Å². The minimum atomic E-state index is -0.123. The number of Topliss-reactive ketones (excluding diaryl/α,β-unsaturated/α-hetero) is 1. The van der Waals surface area contributed by atoms with Gasteiger partial charge in [-0.25, -0.2) is 0 Å². The van der Waals surface area contributed by atoms with Crippen molar-refractivity contribution in [1.82, 2.24) is 4.90 Å². The van der Waals surface area contributed by atoms with E-state index >= 15 is 0 Å². The fraction of sp³-hybridized carbons (Fsp3) is 0.500. The van der Waals surface area contributed by atoms with Crippen molar-refractivity contribution in [2.24, 2.45) is 0 Å². The zero-order valence-electron chi connectivity index (χ0n) is 9.91. The van der Waals surface area contributed by atoms with E-state index in [4.69, 9.17) is 23.2 Å². The molecule has 1 aliphatic rings. The van der Waals surface area contributed by atoms with Gasteiger partial charge < -0.3 is 4.90 Å². The van der Waals surface area contributed by atoms with Crippen LogP contribution in [0.2, 0.25) is 8.67 Å². The van der Waals surface area contributed by atoms with Crippen molar-refractivity contribution in [3.05, 3.63) is 20.3 Å².